The lowest BCUT2D eigenvalue weighted by Crippen LogP contribution is -2.17. The normalized spacial score (nSPS) is 11.6. The molecule has 0 radical (unpaired) electrons. The molecule has 1 aromatic heterocycles. The number of aromatic amines is 1. The van der Waals surface area contributed by atoms with Gasteiger partial charge in [-0.15, -0.1) is 0 Å². The Morgan fingerprint density at radius 3 is 2.41 bits per heavy atom. The molecule has 34 heavy (non-hydrogen) atoms. The Kier molecular flexibility index (Phi) is 6.38. The van der Waals surface area contributed by atoms with Gasteiger partial charge in [0.1, 0.15) is 11.4 Å². The highest BCUT2D eigenvalue weighted by atomic mass is 32.2. The van der Waals surface area contributed by atoms with Gasteiger partial charge in [-0.2, -0.15) is 0 Å². The van der Waals surface area contributed by atoms with Crippen LogP contribution in [-0.4, -0.2) is 31.5 Å². The average molecular weight is 477 g/mol. The molecule has 174 valence electrons. The molecule has 8 nitrogen and oxygen atoms in total. The number of rotatable bonds is 7. The second-order valence-corrected chi connectivity index (χ2v) is 9.32. The summed E-state index contributed by atoms with van der Waals surface area (Å²) in [6, 6.07) is 20.7. The van der Waals surface area contributed by atoms with Gasteiger partial charge in [0.2, 0.25) is 0 Å². The lowest BCUT2D eigenvalue weighted by molar-refractivity contribution is 0.416. The van der Waals surface area contributed by atoms with E-state index in [1.807, 2.05) is 49.4 Å². The summed E-state index contributed by atoms with van der Waals surface area (Å²) in [6.07, 6.45) is 1.41. The SMILES string of the molecule is COc1ccc(S(=O)(=O)Nc2ccccc2C)cc1N=Cc1c(C)[nH]n(-c2ccccc2)c1=O. The molecule has 0 aliphatic carbocycles. The van der Waals surface area contributed by atoms with Crippen LogP contribution in [0.3, 0.4) is 0 Å². The van der Waals surface area contributed by atoms with Gasteiger partial charge in [-0.05, 0) is 55.8 Å². The zero-order valence-corrected chi connectivity index (χ0v) is 19.8. The standard InChI is InChI=1S/C25H24N4O4S/c1-17-9-7-8-12-22(17)28-34(31,32)20-13-14-24(33-3)23(15-20)26-16-21-18(2)27-29(25(21)30)19-10-5-4-6-11-19/h4-16,27-28H,1-3H3. The van der Waals surface area contributed by atoms with E-state index in [0.717, 1.165) is 5.56 Å². The summed E-state index contributed by atoms with van der Waals surface area (Å²) >= 11 is 0. The Bertz CT molecular complexity index is 1520. The monoisotopic (exact) mass is 476 g/mol. The molecular weight excluding hydrogens is 452 g/mol. The molecule has 4 aromatic rings. The molecule has 3 aromatic carbocycles. The van der Waals surface area contributed by atoms with Crippen molar-refractivity contribution < 1.29 is 13.2 Å². The molecular formula is C25H24N4O4S. The molecule has 0 fully saturated rings. The molecule has 0 aliphatic heterocycles. The van der Waals surface area contributed by atoms with E-state index in [9.17, 15) is 13.2 Å². The van der Waals surface area contributed by atoms with Crippen LogP contribution >= 0.6 is 0 Å². The number of H-pyrrole nitrogens is 1. The van der Waals surface area contributed by atoms with E-state index in [2.05, 4.69) is 14.8 Å². The summed E-state index contributed by atoms with van der Waals surface area (Å²) in [5.74, 6) is 0.377. The molecule has 0 spiro atoms. The third-order valence-corrected chi connectivity index (χ3v) is 6.68. The Hall–Kier alpha value is -4.11. The molecule has 2 N–H and O–H groups in total. The van der Waals surface area contributed by atoms with Crippen LogP contribution in [0.2, 0.25) is 0 Å². The van der Waals surface area contributed by atoms with Crippen molar-refractivity contribution in [3.63, 3.8) is 0 Å². The van der Waals surface area contributed by atoms with Crippen LogP contribution in [0.5, 0.6) is 5.75 Å². The number of aliphatic imine (C=N–C) groups is 1. The second-order valence-electron chi connectivity index (χ2n) is 7.64. The van der Waals surface area contributed by atoms with E-state index in [4.69, 9.17) is 4.74 Å². The highest BCUT2D eigenvalue weighted by molar-refractivity contribution is 7.92. The van der Waals surface area contributed by atoms with Crippen molar-refractivity contribution in [2.75, 3.05) is 11.8 Å². The first-order valence-corrected chi connectivity index (χ1v) is 12.0. The Morgan fingerprint density at radius 1 is 1.00 bits per heavy atom. The van der Waals surface area contributed by atoms with Crippen molar-refractivity contribution in [2.24, 2.45) is 4.99 Å². The quantitative estimate of drug-likeness (QED) is 0.387. The molecule has 0 saturated heterocycles. The van der Waals surface area contributed by atoms with Gasteiger partial charge in [-0.25, -0.2) is 13.1 Å². The second kappa shape index (κ2) is 9.40. The van der Waals surface area contributed by atoms with E-state index in [0.29, 0.717) is 28.4 Å². The van der Waals surface area contributed by atoms with Gasteiger partial charge in [-0.3, -0.25) is 19.6 Å². The van der Waals surface area contributed by atoms with Gasteiger partial charge in [0.15, 0.2) is 0 Å². The maximum Gasteiger partial charge on any atom is 0.280 e. The number of nitrogens with zero attached hydrogens (tertiary/aromatic N) is 2. The van der Waals surface area contributed by atoms with Crippen LogP contribution in [0, 0.1) is 13.8 Å². The van der Waals surface area contributed by atoms with E-state index in [-0.39, 0.29) is 16.1 Å². The number of benzene rings is 3. The Balaban J connectivity index is 1.69. The van der Waals surface area contributed by atoms with Gasteiger partial charge in [0.25, 0.3) is 15.6 Å². The van der Waals surface area contributed by atoms with Crippen LogP contribution in [-0.2, 0) is 10.0 Å². The number of ether oxygens (including phenoxy) is 1. The molecule has 1 heterocycles. The zero-order valence-electron chi connectivity index (χ0n) is 18.9. The van der Waals surface area contributed by atoms with Gasteiger partial charge in [0, 0.05) is 11.9 Å². The molecule has 0 amide bonds. The van der Waals surface area contributed by atoms with Crippen molar-refractivity contribution in [1.29, 1.82) is 0 Å². The smallest absolute Gasteiger partial charge is 0.280 e. The van der Waals surface area contributed by atoms with Gasteiger partial charge < -0.3 is 4.74 Å². The molecule has 0 atom stereocenters. The average Bonchev–Trinajstić information content (AvgIpc) is 3.12. The fourth-order valence-corrected chi connectivity index (χ4v) is 4.58. The third kappa shape index (κ3) is 4.65. The van der Waals surface area contributed by atoms with Crippen LogP contribution in [0.25, 0.3) is 5.69 Å². The van der Waals surface area contributed by atoms with Crippen molar-refractivity contribution >= 4 is 27.6 Å². The Labute approximate surface area is 197 Å². The highest BCUT2D eigenvalue weighted by Gasteiger charge is 2.18. The van der Waals surface area contributed by atoms with Gasteiger partial charge >= 0.3 is 0 Å². The summed E-state index contributed by atoms with van der Waals surface area (Å²) in [5.41, 5.74) is 2.99. The zero-order chi connectivity index (χ0) is 24.3. The summed E-state index contributed by atoms with van der Waals surface area (Å²) in [4.78, 5) is 17.4. The summed E-state index contributed by atoms with van der Waals surface area (Å²) in [6.45, 7) is 3.59. The van der Waals surface area contributed by atoms with Crippen LogP contribution in [0.4, 0.5) is 11.4 Å². The Morgan fingerprint density at radius 2 is 1.71 bits per heavy atom. The minimum Gasteiger partial charge on any atom is -0.494 e. The first-order chi connectivity index (χ1) is 16.3. The molecule has 0 unspecified atom stereocenters. The van der Waals surface area contributed by atoms with E-state index in [1.165, 1.54) is 36.2 Å². The van der Waals surface area contributed by atoms with Crippen molar-refractivity contribution in [1.82, 2.24) is 9.78 Å². The van der Waals surface area contributed by atoms with E-state index < -0.39 is 10.0 Å². The van der Waals surface area contributed by atoms with E-state index >= 15 is 0 Å². The van der Waals surface area contributed by atoms with E-state index in [1.54, 1.807) is 19.1 Å². The van der Waals surface area contributed by atoms with Crippen molar-refractivity contribution in [2.45, 2.75) is 18.7 Å². The number of hydrogen-bond acceptors (Lipinski definition) is 5. The number of methoxy groups -OCH3 is 1. The van der Waals surface area contributed by atoms with Crippen LogP contribution in [0.15, 0.2) is 87.5 Å². The minimum atomic E-state index is -3.87. The highest BCUT2D eigenvalue weighted by Crippen LogP contribution is 2.31. The third-order valence-electron chi connectivity index (χ3n) is 5.31. The lowest BCUT2D eigenvalue weighted by atomic mass is 10.2. The van der Waals surface area contributed by atoms with Gasteiger partial charge in [-0.1, -0.05) is 36.4 Å². The molecule has 4 rings (SSSR count). The maximum absolute atomic E-state index is 13.0. The molecule has 0 saturated carbocycles. The largest absolute Gasteiger partial charge is 0.494 e. The maximum atomic E-state index is 13.0. The number of anilines is 1. The molecule has 0 aliphatic rings. The number of aromatic nitrogens is 2. The van der Waals surface area contributed by atoms with Crippen LogP contribution in [0.1, 0.15) is 16.8 Å². The predicted molar refractivity (Wildman–Crippen MR) is 133 cm³/mol. The number of para-hydroxylation sites is 2. The topological polar surface area (TPSA) is 106 Å². The number of hydrogen-bond donors (Lipinski definition) is 2. The molecule has 9 heteroatoms. The fraction of sp³-hybridized carbons (Fsp3) is 0.120. The van der Waals surface area contributed by atoms with Gasteiger partial charge in [0.05, 0.1) is 28.9 Å². The first-order valence-electron chi connectivity index (χ1n) is 10.5. The molecule has 0 bridgehead atoms. The summed E-state index contributed by atoms with van der Waals surface area (Å²) in [5, 5.41) is 3.04. The predicted octanol–water partition coefficient (Wildman–Crippen LogP) is 4.34. The number of aryl methyl sites for hydroxylation is 2. The fourth-order valence-electron chi connectivity index (χ4n) is 3.43. The minimum absolute atomic E-state index is 0.0243. The summed E-state index contributed by atoms with van der Waals surface area (Å²) < 4.78 is 35.4. The lowest BCUT2D eigenvalue weighted by Gasteiger charge is -2.12. The van der Waals surface area contributed by atoms with Crippen molar-refractivity contribution in [3.05, 3.63) is 100.0 Å². The van der Waals surface area contributed by atoms with Crippen molar-refractivity contribution in [3.8, 4) is 11.4 Å². The summed E-state index contributed by atoms with van der Waals surface area (Å²) in [7, 11) is -2.40. The van der Waals surface area contributed by atoms with Crippen LogP contribution < -0.4 is 15.0 Å². The first kappa shape index (κ1) is 23.1. The number of nitrogens with one attached hydrogen (secondary N) is 2. The number of sulfonamides is 1.